The van der Waals surface area contributed by atoms with E-state index in [0.717, 1.165) is 18.2 Å². The molecule has 4 N–H and O–H groups in total. The number of piperidine rings is 1. The van der Waals surface area contributed by atoms with Gasteiger partial charge in [0, 0.05) is 30.7 Å². The van der Waals surface area contributed by atoms with E-state index in [9.17, 15) is 15.0 Å². The van der Waals surface area contributed by atoms with Gasteiger partial charge in [-0.05, 0) is 38.7 Å². The van der Waals surface area contributed by atoms with Gasteiger partial charge in [-0.2, -0.15) is 5.10 Å². The second-order valence-corrected chi connectivity index (χ2v) is 7.11. The zero-order valence-electron chi connectivity index (χ0n) is 14.1. The monoisotopic (exact) mass is 332 g/mol. The molecule has 0 spiro atoms. The zero-order chi connectivity index (χ0) is 17.5. The molecule has 1 amide bonds. The number of aromatic nitrogens is 2. The number of carbonyl (C=O) groups is 1. The summed E-state index contributed by atoms with van der Waals surface area (Å²) in [7, 11) is 0. The summed E-state index contributed by atoms with van der Waals surface area (Å²) in [6.07, 6.45) is 3.37. The highest BCUT2D eigenvalue weighted by Gasteiger charge is 2.31. The van der Waals surface area contributed by atoms with Gasteiger partial charge < -0.3 is 20.8 Å². The molecule has 1 aliphatic rings. The van der Waals surface area contributed by atoms with Crippen LogP contribution >= 0.6 is 0 Å². The van der Waals surface area contributed by atoms with E-state index >= 15 is 0 Å². The molecule has 3 rings (SSSR count). The van der Waals surface area contributed by atoms with Gasteiger partial charge >= 0.3 is 0 Å². The van der Waals surface area contributed by atoms with Crippen molar-refractivity contribution in [1.29, 1.82) is 0 Å². The van der Waals surface area contributed by atoms with E-state index in [-0.39, 0.29) is 24.1 Å². The maximum absolute atomic E-state index is 12.5. The number of hydrogen-bond donors (Lipinski definition) is 3. The number of phenols is 1. The minimum Gasteiger partial charge on any atom is -0.506 e. The number of nitrogen functional groups attached to an aromatic ring is 1. The number of rotatable bonds is 3. The van der Waals surface area contributed by atoms with E-state index < -0.39 is 5.60 Å². The van der Waals surface area contributed by atoms with Gasteiger partial charge in [-0.1, -0.05) is 0 Å². The average molecular weight is 332 g/mol. The Morgan fingerprint density at radius 1 is 1.38 bits per heavy atom. The van der Waals surface area contributed by atoms with E-state index in [1.54, 1.807) is 16.9 Å². The summed E-state index contributed by atoms with van der Waals surface area (Å²) in [5, 5.41) is 24.8. The molecule has 130 valence electrons. The molecule has 0 radical (unpaired) electrons. The van der Waals surface area contributed by atoms with Gasteiger partial charge in [0.25, 0.3) is 0 Å². The van der Waals surface area contributed by atoms with Gasteiger partial charge in [-0.15, -0.1) is 0 Å². The zero-order valence-corrected chi connectivity index (χ0v) is 14.1. The highest BCUT2D eigenvalue weighted by molar-refractivity contribution is 5.85. The number of amides is 1. The van der Waals surface area contributed by atoms with Gasteiger partial charge in [0.15, 0.2) is 0 Å². The van der Waals surface area contributed by atoms with Crippen LogP contribution in [0.2, 0.25) is 0 Å². The molecular formula is C17H24N4O3. The summed E-state index contributed by atoms with van der Waals surface area (Å²) in [6.45, 7) is 5.11. The number of aromatic hydroxyl groups is 1. The standard InChI is InChI=1S/C17H24N4O3/c1-17(2,24)12-3-5-20(6-4-12)16(23)10-21-9-11-7-13(18)15(22)8-14(11)19-21/h7-9,12,22,24H,3-6,10,18H2,1-2H3. The lowest BCUT2D eigenvalue weighted by Crippen LogP contribution is -2.45. The van der Waals surface area contributed by atoms with Crippen LogP contribution in [-0.2, 0) is 11.3 Å². The molecule has 0 bridgehead atoms. The van der Waals surface area contributed by atoms with Crippen LogP contribution in [0, 0.1) is 5.92 Å². The number of nitrogens with zero attached hydrogens (tertiary/aromatic N) is 3. The molecular weight excluding hydrogens is 308 g/mol. The maximum Gasteiger partial charge on any atom is 0.244 e. The summed E-state index contributed by atoms with van der Waals surface area (Å²) < 4.78 is 1.58. The van der Waals surface area contributed by atoms with Crippen molar-refractivity contribution in [3.05, 3.63) is 18.3 Å². The fourth-order valence-corrected chi connectivity index (χ4v) is 3.28. The second kappa shape index (κ2) is 5.98. The Kier molecular flexibility index (Phi) is 4.13. The number of hydrogen-bond acceptors (Lipinski definition) is 5. The van der Waals surface area contributed by atoms with E-state index in [0.29, 0.717) is 24.3 Å². The van der Waals surface area contributed by atoms with Crippen LogP contribution in [0.4, 0.5) is 5.69 Å². The molecule has 1 aromatic heterocycles. The minimum atomic E-state index is -0.698. The summed E-state index contributed by atoms with van der Waals surface area (Å²) in [4.78, 5) is 14.3. The van der Waals surface area contributed by atoms with Gasteiger partial charge in [0.2, 0.25) is 5.91 Å². The van der Waals surface area contributed by atoms with Crippen molar-refractivity contribution in [2.75, 3.05) is 18.8 Å². The van der Waals surface area contributed by atoms with Crippen LogP contribution in [0.3, 0.4) is 0 Å². The summed E-state index contributed by atoms with van der Waals surface area (Å²) in [5.74, 6) is 0.224. The number of nitrogens with two attached hydrogens (primary N) is 1. The van der Waals surface area contributed by atoms with Crippen molar-refractivity contribution in [3.8, 4) is 5.75 Å². The van der Waals surface area contributed by atoms with Gasteiger partial charge in [0.1, 0.15) is 12.3 Å². The number of likely N-dealkylation sites (tertiary alicyclic amines) is 1. The van der Waals surface area contributed by atoms with Crippen LogP contribution in [0.25, 0.3) is 10.9 Å². The molecule has 0 saturated carbocycles. The second-order valence-electron chi connectivity index (χ2n) is 7.11. The first-order valence-corrected chi connectivity index (χ1v) is 8.20. The molecule has 1 aliphatic heterocycles. The smallest absolute Gasteiger partial charge is 0.244 e. The van der Waals surface area contributed by atoms with Crippen molar-refractivity contribution in [1.82, 2.24) is 14.7 Å². The summed E-state index contributed by atoms with van der Waals surface area (Å²) in [5.41, 5.74) is 5.88. The Labute approximate surface area is 140 Å². The third kappa shape index (κ3) is 3.31. The fraction of sp³-hybridized carbons (Fsp3) is 0.529. The predicted octanol–water partition coefficient (Wildman–Crippen LogP) is 1.33. The molecule has 0 aliphatic carbocycles. The largest absolute Gasteiger partial charge is 0.506 e. The summed E-state index contributed by atoms with van der Waals surface area (Å²) in [6, 6.07) is 3.15. The van der Waals surface area contributed by atoms with Gasteiger partial charge in [-0.3, -0.25) is 9.48 Å². The van der Waals surface area contributed by atoms with Crippen molar-refractivity contribution < 1.29 is 15.0 Å². The van der Waals surface area contributed by atoms with E-state index in [2.05, 4.69) is 5.10 Å². The first-order chi connectivity index (χ1) is 11.2. The predicted molar refractivity (Wildman–Crippen MR) is 91.4 cm³/mol. The molecule has 7 nitrogen and oxygen atoms in total. The average Bonchev–Trinajstić information content (AvgIpc) is 2.88. The molecule has 24 heavy (non-hydrogen) atoms. The minimum absolute atomic E-state index is 0.00670. The normalized spacial score (nSPS) is 16.7. The molecule has 2 heterocycles. The lowest BCUT2D eigenvalue weighted by Gasteiger charge is -2.37. The van der Waals surface area contributed by atoms with E-state index in [4.69, 9.17) is 5.73 Å². The lowest BCUT2D eigenvalue weighted by atomic mass is 9.83. The van der Waals surface area contributed by atoms with Crippen LogP contribution in [0.1, 0.15) is 26.7 Å². The SMILES string of the molecule is CC(C)(O)C1CCN(C(=O)Cn2cc3cc(N)c(O)cc3n2)CC1. The highest BCUT2D eigenvalue weighted by atomic mass is 16.3. The Morgan fingerprint density at radius 2 is 2.04 bits per heavy atom. The number of aliphatic hydroxyl groups is 1. The van der Waals surface area contributed by atoms with Crippen molar-refractivity contribution >= 4 is 22.5 Å². The van der Waals surface area contributed by atoms with Crippen molar-refractivity contribution in [2.45, 2.75) is 38.8 Å². The molecule has 1 fully saturated rings. The third-order valence-corrected chi connectivity index (χ3v) is 4.84. The molecule has 1 saturated heterocycles. The molecule has 0 atom stereocenters. The lowest BCUT2D eigenvalue weighted by molar-refractivity contribution is -0.134. The molecule has 0 unspecified atom stereocenters. The number of carbonyl (C=O) groups excluding carboxylic acids is 1. The Morgan fingerprint density at radius 3 is 2.67 bits per heavy atom. The highest BCUT2D eigenvalue weighted by Crippen LogP contribution is 2.28. The molecule has 7 heteroatoms. The third-order valence-electron chi connectivity index (χ3n) is 4.84. The Balaban J connectivity index is 1.65. The first-order valence-electron chi connectivity index (χ1n) is 8.20. The molecule has 1 aromatic carbocycles. The number of anilines is 1. The Bertz CT molecular complexity index is 716. The number of phenolic OH excluding ortho intramolecular Hbond substituents is 1. The van der Waals surface area contributed by atoms with Crippen molar-refractivity contribution in [2.24, 2.45) is 5.92 Å². The van der Waals surface area contributed by atoms with Crippen LogP contribution in [0.15, 0.2) is 18.3 Å². The number of fused-ring (bicyclic) bond motifs is 1. The van der Waals surface area contributed by atoms with Crippen LogP contribution in [-0.4, -0.2) is 49.5 Å². The van der Waals surface area contributed by atoms with E-state index in [1.165, 1.54) is 6.07 Å². The van der Waals surface area contributed by atoms with Crippen LogP contribution in [0.5, 0.6) is 5.75 Å². The quantitative estimate of drug-likeness (QED) is 0.581. The van der Waals surface area contributed by atoms with Gasteiger partial charge in [-0.25, -0.2) is 0 Å². The van der Waals surface area contributed by atoms with Gasteiger partial charge in [0.05, 0.1) is 16.8 Å². The topological polar surface area (TPSA) is 105 Å². The number of benzene rings is 1. The van der Waals surface area contributed by atoms with E-state index in [1.807, 2.05) is 18.7 Å². The van der Waals surface area contributed by atoms with Crippen molar-refractivity contribution in [3.63, 3.8) is 0 Å². The fourth-order valence-electron chi connectivity index (χ4n) is 3.28. The summed E-state index contributed by atoms with van der Waals surface area (Å²) >= 11 is 0. The maximum atomic E-state index is 12.5. The Hall–Kier alpha value is -2.28. The first kappa shape index (κ1) is 16.6. The van der Waals surface area contributed by atoms with Crippen LogP contribution < -0.4 is 5.73 Å². The molecule has 2 aromatic rings.